The van der Waals surface area contributed by atoms with E-state index in [-0.39, 0.29) is 35.7 Å². The molecule has 0 unspecified atom stereocenters. The summed E-state index contributed by atoms with van der Waals surface area (Å²) in [7, 11) is -2.13. The lowest BCUT2D eigenvalue weighted by molar-refractivity contribution is -0.384. The number of nitro benzene ring substituents is 1. The van der Waals surface area contributed by atoms with Crippen molar-refractivity contribution in [2.45, 2.75) is 6.42 Å². The average molecular weight is 316 g/mol. The third-order valence-corrected chi connectivity index (χ3v) is 3.46. The Morgan fingerprint density at radius 2 is 2.10 bits per heavy atom. The number of benzene rings is 1. The van der Waals surface area contributed by atoms with Gasteiger partial charge in [-0.1, -0.05) is 0 Å². The molecule has 1 aromatic rings. The first kappa shape index (κ1) is 16.9. The number of nitrogens with zero attached hydrogens (tertiary/aromatic N) is 1. The summed E-state index contributed by atoms with van der Waals surface area (Å²) in [6, 6.07) is 3.99. The Labute approximate surface area is 121 Å². The monoisotopic (exact) mass is 316 g/mol. The predicted octanol–water partition coefficient (Wildman–Crippen LogP) is 0.0449. The molecule has 0 bridgehead atoms. The van der Waals surface area contributed by atoms with Gasteiger partial charge < -0.3 is 10.6 Å². The van der Waals surface area contributed by atoms with E-state index in [9.17, 15) is 23.3 Å². The lowest BCUT2D eigenvalue weighted by atomic mass is 10.1. The van der Waals surface area contributed by atoms with Crippen molar-refractivity contribution >= 4 is 27.3 Å². The molecule has 0 aliphatic rings. The summed E-state index contributed by atoms with van der Waals surface area (Å²) in [4.78, 5) is 21.8. The summed E-state index contributed by atoms with van der Waals surface area (Å²) >= 11 is 0. The van der Waals surface area contributed by atoms with Crippen molar-refractivity contribution in [3.63, 3.8) is 0 Å². The van der Waals surface area contributed by atoms with Gasteiger partial charge in [0.15, 0.2) is 0 Å². The minimum absolute atomic E-state index is 0.166. The minimum Gasteiger partial charge on any atom is -0.379 e. The second kappa shape index (κ2) is 6.99. The SMILES string of the molecule is CNC(=O)c1ccc(NCCCS(N)(=O)=O)c([N+](=O)[O-])c1. The quantitative estimate of drug-likeness (QED) is 0.368. The molecule has 0 atom stereocenters. The highest BCUT2D eigenvalue weighted by atomic mass is 32.2. The number of anilines is 1. The van der Waals surface area contributed by atoms with Crippen molar-refractivity contribution in [1.29, 1.82) is 0 Å². The van der Waals surface area contributed by atoms with Crippen molar-refractivity contribution < 1.29 is 18.1 Å². The van der Waals surface area contributed by atoms with Gasteiger partial charge in [0.05, 0.1) is 10.7 Å². The van der Waals surface area contributed by atoms with Crippen molar-refractivity contribution in [2.75, 3.05) is 24.7 Å². The van der Waals surface area contributed by atoms with Crippen LogP contribution in [0.3, 0.4) is 0 Å². The smallest absolute Gasteiger partial charge is 0.293 e. The number of amides is 1. The van der Waals surface area contributed by atoms with E-state index in [4.69, 9.17) is 5.14 Å². The van der Waals surface area contributed by atoms with Crippen LogP contribution < -0.4 is 15.8 Å². The molecule has 0 aliphatic carbocycles. The van der Waals surface area contributed by atoms with Gasteiger partial charge in [0.1, 0.15) is 5.69 Å². The number of carbonyl (C=O) groups is 1. The summed E-state index contributed by atoms with van der Waals surface area (Å²) in [6.45, 7) is 0.205. The van der Waals surface area contributed by atoms with Crippen LogP contribution >= 0.6 is 0 Å². The molecule has 21 heavy (non-hydrogen) atoms. The van der Waals surface area contributed by atoms with E-state index >= 15 is 0 Å². The standard InChI is InChI=1S/C11H16N4O5S/c1-13-11(16)8-3-4-9(10(7-8)15(17)18)14-5-2-6-21(12,19)20/h3-4,7,14H,2,5-6H2,1H3,(H,13,16)(H2,12,19,20). The zero-order chi connectivity index (χ0) is 16.0. The van der Waals surface area contributed by atoms with E-state index < -0.39 is 20.9 Å². The Bertz CT molecular complexity index is 644. The van der Waals surface area contributed by atoms with Crippen molar-refractivity contribution in [3.8, 4) is 0 Å². The van der Waals surface area contributed by atoms with E-state index in [1.54, 1.807) is 0 Å². The van der Waals surface area contributed by atoms with Crippen LogP contribution in [0.25, 0.3) is 0 Å². The van der Waals surface area contributed by atoms with Crippen molar-refractivity contribution in [3.05, 3.63) is 33.9 Å². The van der Waals surface area contributed by atoms with Crippen molar-refractivity contribution in [1.82, 2.24) is 5.32 Å². The van der Waals surface area contributed by atoms with Crippen LogP contribution in [0.1, 0.15) is 16.8 Å². The zero-order valence-corrected chi connectivity index (χ0v) is 12.1. The van der Waals surface area contributed by atoms with Crippen LogP contribution in [0.4, 0.5) is 11.4 Å². The van der Waals surface area contributed by atoms with Gasteiger partial charge in [-0.25, -0.2) is 13.6 Å². The first-order chi connectivity index (χ1) is 9.74. The number of nitrogens with two attached hydrogens (primary N) is 1. The first-order valence-corrected chi connectivity index (χ1v) is 7.71. The maximum Gasteiger partial charge on any atom is 0.293 e. The highest BCUT2D eigenvalue weighted by molar-refractivity contribution is 7.89. The van der Waals surface area contributed by atoms with Crippen LogP contribution in [0.15, 0.2) is 18.2 Å². The van der Waals surface area contributed by atoms with Crippen LogP contribution in [-0.4, -0.2) is 38.6 Å². The normalized spacial score (nSPS) is 11.0. The molecule has 1 amide bonds. The molecule has 9 nitrogen and oxygen atoms in total. The summed E-state index contributed by atoms with van der Waals surface area (Å²) < 4.78 is 21.5. The minimum atomic E-state index is -3.55. The molecular weight excluding hydrogens is 300 g/mol. The summed E-state index contributed by atoms with van der Waals surface area (Å²) in [5.41, 5.74) is 0.119. The summed E-state index contributed by atoms with van der Waals surface area (Å²) in [5, 5.41) is 21.0. The molecule has 4 N–H and O–H groups in total. The fourth-order valence-corrected chi connectivity index (χ4v) is 2.16. The molecule has 0 radical (unpaired) electrons. The summed E-state index contributed by atoms with van der Waals surface area (Å²) in [5.74, 6) is -0.650. The van der Waals surface area contributed by atoms with Gasteiger partial charge in [-0.2, -0.15) is 0 Å². The van der Waals surface area contributed by atoms with E-state index in [0.29, 0.717) is 0 Å². The van der Waals surface area contributed by atoms with Gasteiger partial charge in [-0.15, -0.1) is 0 Å². The van der Waals surface area contributed by atoms with E-state index in [2.05, 4.69) is 10.6 Å². The van der Waals surface area contributed by atoms with Gasteiger partial charge in [0.2, 0.25) is 10.0 Å². The number of hydrogen-bond acceptors (Lipinski definition) is 6. The second-order valence-electron chi connectivity index (χ2n) is 4.22. The molecule has 10 heteroatoms. The Hall–Kier alpha value is -2.20. The Balaban J connectivity index is 2.82. The lowest BCUT2D eigenvalue weighted by Crippen LogP contribution is -2.19. The molecule has 0 spiro atoms. The first-order valence-electron chi connectivity index (χ1n) is 5.99. The average Bonchev–Trinajstić information content (AvgIpc) is 2.41. The molecule has 0 fully saturated rings. The fraction of sp³-hybridized carbons (Fsp3) is 0.364. The highest BCUT2D eigenvalue weighted by Crippen LogP contribution is 2.25. The molecule has 0 saturated heterocycles. The number of carbonyl (C=O) groups excluding carboxylic acids is 1. The zero-order valence-electron chi connectivity index (χ0n) is 11.3. The van der Waals surface area contributed by atoms with Gasteiger partial charge in [-0.05, 0) is 18.6 Å². The Morgan fingerprint density at radius 3 is 2.62 bits per heavy atom. The molecule has 0 saturated carbocycles. The number of nitrogens with one attached hydrogen (secondary N) is 2. The molecule has 1 aromatic carbocycles. The number of hydrogen-bond donors (Lipinski definition) is 3. The third kappa shape index (κ3) is 5.36. The van der Waals surface area contributed by atoms with Crippen LogP contribution in [0, 0.1) is 10.1 Å². The molecule has 0 aliphatic heterocycles. The van der Waals surface area contributed by atoms with Gasteiger partial charge in [0.25, 0.3) is 11.6 Å². The van der Waals surface area contributed by atoms with Gasteiger partial charge >= 0.3 is 0 Å². The number of sulfonamides is 1. The maximum absolute atomic E-state index is 11.4. The second-order valence-corrected chi connectivity index (χ2v) is 5.95. The van der Waals surface area contributed by atoms with E-state index in [0.717, 1.165) is 6.07 Å². The predicted molar refractivity (Wildman–Crippen MR) is 77.6 cm³/mol. The molecule has 1 rings (SSSR count). The van der Waals surface area contributed by atoms with Crippen LogP contribution in [-0.2, 0) is 10.0 Å². The largest absolute Gasteiger partial charge is 0.379 e. The summed E-state index contributed by atoms with van der Waals surface area (Å²) in [6.07, 6.45) is 0.215. The van der Waals surface area contributed by atoms with Crippen LogP contribution in [0.5, 0.6) is 0 Å². The molecule has 0 heterocycles. The Morgan fingerprint density at radius 1 is 1.43 bits per heavy atom. The van der Waals surface area contributed by atoms with Gasteiger partial charge in [0, 0.05) is 25.2 Å². The number of nitro groups is 1. The van der Waals surface area contributed by atoms with E-state index in [1.165, 1.54) is 19.2 Å². The number of rotatable bonds is 7. The van der Waals surface area contributed by atoms with E-state index in [1.807, 2.05) is 0 Å². The van der Waals surface area contributed by atoms with Gasteiger partial charge in [-0.3, -0.25) is 14.9 Å². The topological polar surface area (TPSA) is 144 Å². The van der Waals surface area contributed by atoms with Crippen LogP contribution in [0.2, 0.25) is 0 Å². The maximum atomic E-state index is 11.4. The molecule has 116 valence electrons. The molecule has 0 aromatic heterocycles. The third-order valence-electron chi connectivity index (χ3n) is 2.60. The fourth-order valence-electron chi connectivity index (χ4n) is 1.61. The lowest BCUT2D eigenvalue weighted by Gasteiger charge is -2.08. The number of primary sulfonamides is 1. The van der Waals surface area contributed by atoms with Crippen molar-refractivity contribution in [2.24, 2.45) is 5.14 Å². The Kier molecular flexibility index (Phi) is 5.61. The molecular formula is C11H16N4O5S. The highest BCUT2D eigenvalue weighted by Gasteiger charge is 2.17.